The molecule has 2 aliphatic rings. The topological polar surface area (TPSA) is 99.3 Å². The number of fused-ring (bicyclic) bond motifs is 1. The predicted octanol–water partition coefficient (Wildman–Crippen LogP) is 2.66. The summed E-state index contributed by atoms with van der Waals surface area (Å²) in [6.07, 6.45) is 3.61. The van der Waals surface area contributed by atoms with Crippen LogP contribution >= 0.6 is 0 Å². The van der Waals surface area contributed by atoms with E-state index >= 15 is 0 Å². The summed E-state index contributed by atoms with van der Waals surface area (Å²) in [7, 11) is 3.08. The number of carbonyl (C=O) groups excluding carboxylic acids is 4. The summed E-state index contributed by atoms with van der Waals surface area (Å²) in [5, 5.41) is 2.82. The van der Waals surface area contributed by atoms with E-state index in [4.69, 9.17) is 4.74 Å². The quantitative estimate of drug-likeness (QED) is 0.491. The second-order valence-corrected chi connectivity index (χ2v) is 8.00. The number of ether oxygens (including phenoxy) is 1. The van der Waals surface area contributed by atoms with Gasteiger partial charge in [0.05, 0.1) is 18.1 Å². The Morgan fingerprint density at radius 1 is 1.06 bits per heavy atom. The van der Waals surface area contributed by atoms with Crippen LogP contribution in [0.5, 0.6) is 0 Å². The van der Waals surface area contributed by atoms with E-state index in [2.05, 4.69) is 5.32 Å². The number of unbranched alkanes of at least 4 members (excludes halogenated alkanes) is 1. The molecule has 9 nitrogen and oxygen atoms in total. The van der Waals surface area contributed by atoms with Crippen molar-refractivity contribution in [3.8, 4) is 0 Å². The van der Waals surface area contributed by atoms with Crippen molar-refractivity contribution in [3.63, 3.8) is 0 Å². The van der Waals surface area contributed by atoms with Gasteiger partial charge in [0.1, 0.15) is 11.9 Å². The van der Waals surface area contributed by atoms with Gasteiger partial charge in [-0.3, -0.25) is 14.5 Å². The number of imide groups is 1. The molecule has 2 heterocycles. The van der Waals surface area contributed by atoms with Gasteiger partial charge >= 0.3 is 12.0 Å². The number of amides is 4. The largest absolute Gasteiger partial charge is 0.462 e. The highest BCUT2D eigenvalue weighted by atomic mass is 16.5. The molecule has 4 amide bonds. The van der Waals surface area contributed by atoms with E-state index in [-0.39, 0.29) is 11.8 Å². The van der Waals surface area contributed by atoms with Crippen molar-refractivity contribution >= 4 is 29.5 Å². The van der Waals surface area contributed by atoms with Crippen LogP contribution < -0.4 is 5.32 Å². The molecule has 1 saturated heterocycles. The molecule has 2 aliphatic heterocycles. The average Bonchev–Trinajstić information content (AvgIpc) is 3.16. The van der Waals surface area contributed by atoms with Crippen molar-refractivity contribution in [3.05, 3.63) is 41.6 Å². The molecule has 172 valence electrons. The fourth-order valence-corrected chi connectivity index (χ4v) is 3.98. The molecule has 1 aromatic rings. The van der Waals surface area contributed by atoms with Gasteiger partial charge < -0.3 is 19.9 Å². The third-order valence-corrected chi connectivity index (χ3v) is 5.70. The van der Waals surface area contributed by atoms with E-state index in [1.807, 2.05) is 18.7 Å². The zero-order chi connectivity index (χ0) is 23.4. The Morgan fingerprint density at radius 2 is 1.75 bits per heavy atom. The molecule has 1 fully saturated rings. The molecule has 3 rings (SSSR count). The van der Waals surface area contributed by atoms with Crippen molar-refractivity contribution in [1.82, 2.24) is 14.7 Å². The third-order valence-electron chi connectivity index (χ3n) is 5.70. The summed E-state index contributed by atoms with van der Waals surface area (Å²) >= 11 is 0. The van der Waals surface area contributed by atoms with Crippen LogP contribution in [0.15, 0.2) is 36.0 Å². The predicted molar refractivity (Wildman–Crippen MR) is 119 cm³/mol. The van der Waals surface area contributed by atoms with E-state index in [1.165, 1.54) is 11.9 Å². The minimum Gasteiger partial charge on any atom is -0.462 e. The van der Waals surface area contributed by atoms with Gasteiger partial charge in [-0.15, -0.1) is 0 Å². The van der Waals surface area contributed by atoms with Crippen molar-refractivity contribution in [2.45, 2.75) is 39.3 Å². The number of hydrogen-bond acceptors (Lipinski definition) is 6. The monoisotopic (exact) mass is 442 g/mol. The lowest BCUT2D eigenvalue weighted by Crippen LogP contribution is -2.62. The lowest BCUT2D eigenvalue weighted by molar-refractivity contribution is -0.137. The number of hydrogen-bond donors (Lipinski definition) is 1. The first kappa shape index (κ1) is 23.3. The van der Waals surface area contributed by atoms with E-state index < -0.39 is 24.1 Å². The van der Waals surface area contributed by atoms with Gasteiger partial charge in [0, 0.05) is 26.3 Å². The lowest BCUT2D eigenvalue weighted by Gasteiger charge is -2.43. The van der Waals surface area contributed by atoms with Crippen LogP contribution in [-0.4, -0.2) is 71.9 Å². The summed E-state index contributed by atoms with van der Waals surface area (Å²) < 4.78 is 5.19. The highest BCUT2D eigenvalue weighted by molar-refractivity contribution is 6.06. The van der Waals surface area contributed by atoms with Crippen LogP contribution in [0.25, 0.3) is 0 Å². The molecular weight excluding hydrogens is 412 g/mol. The van der Waals surface area contributed by atoms with Gasteiger partial charge in [0.25, 0.3) is 5.91 Å². The first-order valence-corrected chi connectivity index (χ1v) is 10.9. The summed E-state index contributed by atoms with van der Waals surface area (Å²) in [5.74, 6) is -1.70. The summed E-state index contributed by atoms with van der Waals surface area (Å²) in [5.41, 5.74) is 1.28. The second-order valence-electron chi connectivity index (χ2n) is 8.00. The molecule has 0 aliphatic carbocycles. The molecule has 2 atom stereocenters. The molecule has 9 heteroatoms. The van der Waals surface area contributed by atoms with E-state index in [0.717, 1.165) is 24.2 Å². The zero-order valence-electron chi connectivity index (χ0n) is 19.0. The second kappa shape index (κ2) is 9.84. The van der Waals surface area contributed by atoms with Gasteiger partial charge in [0.2, 0.25) is 5.91 Å². The summed E-state index contributed by atoms with van der Waals surface area (Å²) in [6.45, 7) is 4.89. The van der Waals surface area contributed by atoms with E-state index in [0.29, 0.717) is 30.1 Å². The Bertz CT molecular complexity index is 927. The van der Waals surface area contributed by atoms with Crippen LogP contribution in [0.3, 0.4) is 0 Å². The number of rotatable bonds is 8. The van der Waals surface area contributed by atoms with Crippen LogP contribution in [0, 0.1) is 5.92 Å². The first-order valence-electron chi connectivity index (χ1n) is 10.9. The number of nitrogens with zero attached hydrogens (tertiary/aromatic N) is 3. The highest BCUT2D eigenvalue weighted by Crippen LogP contribution is 2.34. The molecule has 32 heavy (non-hydrogen) atoms. The Morgan fingerprint density at radius 3 is 2.38 bits per heavy atom. The van der Waals surface area contributed by atoms with Crippen LogP contribution in [0.4, 0.5) is 10.5 Å². The minimum atomic E-state index is -0.602. The van der Waals surface area contributed by atoms with Gasteiger partial charge in [-0.2, -0.15) is 0 Å². The maximum Gasteiger partial charge on any atom is 0.338 e. The number of urea groups is 1. The Kier molecular flexibility index (Phi) is 7.17. The summed E-state index contributed by atoms with van der Waals surface area (Å²) in [6, 6.07) is 6.07. The van der Waals surface area contributed by atoms with Crippen LogP contribution in [-0.2, 0) is 14.3 Å². The smallest absolute Gasteiger partial charge is 0.338 e. The zero-order valence-corrected chi connectivity index (χ0v) is 19.0. The van der Waals surface area contributed by atoms with Crippen molar-refractivity contribution in [2.75, 3.05) is 32.6 Å². The number of nitrogens with one attached hydrogen (secondary N) is 1. The van der Waals surface area contributed by atoms with Gasteiger partial charge in [-0.25, -0.2) is 9.59 Å². The normalized spacial score (nSPS) is 20.2. The molecule has 1 aromatic carbocycles. The van der Waals surface area contributed by atoms with E-state index in [9.17, 15) is 19.2 Å². The number of anilines is 1. The lowest BCUT2D eigenvalue weighted by atomic mass is 10.0. The molecule has 0 saturated carbocycles. The van der Waals surface area contributed by atoms with Gasteiger partial charge in [-0.05, 0) is 43.2 Å². The van der Waals surface area contributed by atoms with Gasteiger partial charge in [0.15, 0.2) is 0 Å². The van der Waals surface area contributed by atoms with Crippen molar-refractivity contribution < 1.29 is 23.9 Å². The molecule has 0 aromatic heterocycles. The Labute approximate surface area is 188 Å². The highest BCUT2D eigenvalue weighted by Gasteiger charge is 2.50. The Hall–Kier alpha value is -3.36. The van der Waals surface area contributed by atoms with Crippen molar-refractivity contribution in [1.29, 1.82) is 0 Å². The van der Waals surface area contributed by atoms with Crippen molar-refractivity contribution in [2.24, 2.45) is 5.92 Å². The fraction of sp³-hybridized carbons (Fsp3) is 0.478. The third kappa shape index (κ3) is 4.46. The molecular formula is C23H30N4O5. The van der Waals surface area contributed by atoms with Crippen LogP contribution in [0.2, 0.25) is 0 Å². The first-order chi connectivity index (χ1) is 15.3. The molecule has 2 unspecified atom stereocenters. The SMILES string of the molecule is CCCCOC(=O)c1ccc(NC(=O)C2=CC3C(=O)N(C)C(=O)N(C)C3N2CCC)cc1. The molecule has 0 radical (unpaired) electrons. The average molecular weight is 443 g/mol. The number of esters is 1. The number of carbonyl (C=O) groups is 4. The maximum atomic E-state index is 13.1. The minimum absolute atomic E-state index is 0.326. The standard InChI is InChI=1S/C23H30N4O5/c1-5-7-13-32-22(30)15-8-10-16(11-9-15)24-19(28)18-14-17-20(27(18)12-6-2)25(3)23(31)26(4)21(17)29/h8-11,14,17,20H,5-7,12-13H2,1-4H3,(H,24,28). The Balaban J connectivity index is 1.74. The van der Waals surface area contributed by atoms with Crippen LogP contribution in [0.1, 0.15) is 43.5 Å². The molecule has 0 spiro atoms. The fourth-order valence-electron chi connectivity index (χ4n) is 3.98. The number of benzene rings is 1. The van der Waals surface area contributed by atoms with E-state index in [1.54, 1.807) is 37.4 Å². The molecule has 0 bridgehead atoms. The maximum absolute atomic E-state index is 13.1. The van der Waals surface area contributed by atoms with Gasteiger partial charge in [-0.1, -0.05) is 20.3 Å². The molecule has 1 N–H and O–H groups in total. The summed E-state index contributed by atoms with van der Waals surface area (Å²) in [4.78, 5) is 54.6.